The molecule has 1 fully saturated rings. The third kappa shape index (κ3) is 5.18. The molecule has 1 aromatic heterocycles. The quantitative estimate of drug-likeness (QED) is 0.494. The van der Waals surface area contributed by atoms with Crippen molar-refractivity contribution in [3.63, 3.8) is 0 Å². The van der Waals surface area contributed by atoms with E-state index in [0.717, 1.165) is 14.9 Å². The summed E-state index contributed by atoms with van der Waals surface area (Å²) in [4.78, 5) is 27.6. The molecule has 0 aliphatic carbocycles. The minimum Gasteiger partial charge on any atom is -0.405 e. The normalized spacial score (nSPS) is 20.3. The second-order valence-electron chi connectivity index (χ2n) is 10.1. The lowest BCUT2D eigenvalue weighted by atomic mass is 10.2. The van der Waals surface area contributed by atoms with Gasteiger partial charge in [-0.15, -0.1) is 0 Å². The van der Waals surface area contributed by atoms with Gasteiger partial charge in [-0.3, -0.25) is 9.36 Å². The summed E-state index contributed by atoms with van der Waals surface area (Å²) in [6.45, 7) is 8.05. The molecular weight excluding hydrogens is 477 g/mol. The van der Waals surface area contributed by atoms with Crippen LogP contribution in [0.25, 0.3) is 0 Å². The van der Waals surface area contributed by atoms with Gasteiger partial charge in [-0.25, -0.2) is 9.18 Å². The lowest BCUT2D eigenvalue weighted by Crippen LogP contribution is -2.67. The van der Waals surface area contributed by atoms with Crippen LogP contribution in [0.2, 0.25) is 5.04 Å². The zero-order valence-electron chi connectivity index (χ0n) is 21.0. The van der Waals surface area contributed by atoms with Crippen molar-refractivity contribution in [2.24, 2.45) is 0 Å². The van der Waals surface area contributed by atoms with Gasteiger partial charge >= 0.3 is 5.69 Å². The summed E-state index contributed by atoms with van der Waals surface area (Å²) in [5.41, 5.74) is -0.692. The van der Waals surface area contributed by atoms with Crippen LogP contribution >= 0.6 is 0 Å². The van der Waals surface area contributed by atoms with Crippen LogP contribution in [-0.4, -0.2) is 42.7 Å². The third-order valence-corrected chi connectivity index (χ3v) is 11.4. The number of benzene rings is 2. The Kier molecular flexibility index (Phi) is 7.53. The number of hydrogen-bond acceptors (Lipinski definition) is 5. The van der Waals surface area contributed by atoms with E-state index in [1.165, 1.54) is 19.2 Å². The van der Waals surface area contributed by atoms with E-state index in [2.05, 4.69) is 55.3 Å². The SMILES string of the molecule is CC(=O)Nc1ccn([C@@H]2O[C@H](CO[Si](c3ccccc3)(c3ccccc3)C(C)(C)C)C[C@H]2F)c(=O)n1. The van der Waals surface area contributed by atoms with Gasteiger partial charge in [-0.1, -0.05) is 81.4 Å². The highest BCUT2D eigenvalue weighted by molar-refractivity contribution is 6.99. The highest BCUT2D eigenvalue weighted by Gasteiger charge is 2.51. The molecule has 3 aromatic rings. The van der Waals surface area contributed by atoms with Gasteiger partial charge in [0.05, 0.1) is 12.7 Å². The van der Waals surface area contributed by atoms with Crippen molar-refractivity contribution in [2.75, 3.05) is 11.9 Å². The van der Waals surface area contributed by atoms with Gasteiger partial charge in [-0.05, 0) is 21.5 Å². The predicted molar refractivity (Wildman–Crippen MR) is 140 cm³/mol. The lowest BCUT2D eigenvalue weighted by molar-refractivity contribution is -0.114. The molecule has 36 heavy (non-hydrogen) atoms. The molecule has 1 N–H and O–H groups in total. The number of rotatable bonds is 7. The number of carbonyl (C=O) groups excluding carboxylic acids is 1. The molecule has 1 aliphatic heterocycles. The largest absolute Gasteiger partial charge is 0.405 e. The fourth-order valence-electron chi connectivity index (χ4n) is 4.89. The highest BCUT2D eigenvalue weighted by atomic mass is 28.4. The van der Waals surface area contributed by atoms with Crippen LogP contribution in [0.3, 0.4) is 0 Å². The summed E-state index contributed by atoms with van der Waals surface area (Å²) >= 11 is 0. The fourth-order valence-corrected chi connectivity index (χ4v) is 9.48. The summed E-state index contributed by atoms with van der Waals surface area (Å²) in [6, 6.07) is 21.9. The van der Waals surface area contributed by atoms with Gasteiger partial charge < -0.3 is 14.5 Å². The summed E-state index contributed by atoms with van der Waals surface area (Å²) in [7, 11) is -2.80. The monoisotopic (exact) mass is 509 g/mol. The second-order valence-corrected chi connectivity index (χ2v) is 14.4. The van der Waals surface area contributed by atoms with Crippen molar-refractivity contribution in [1.82, 2.24) is 9.55 Å². The van der Waals surface area contributed by atoms with E-state index in [9.17, 15) is 9.59 Å². The Morgan fingerprint density at radius 1 is 1.11 bits per heavy atom. The Morgan fingerprint density at radius 2 is 1.69 bits per heavy atom. The molecule has 7 nitrogen and oxygen atoms in total. The topological polar surface area (TPSA) is 82.5 Å². The number of nitrogens with zero attached hydrogens (tertiary/aromatic N) is 2. The Bertz CT molecular complexity index is 1210. The van der Waals surface area contributed by atoms with Gasteiger partial charge in [0.25, 0.3) is 8.32 Å². The van der Waals surface area contributed by atoms with Gasteiger partial charge in [0.15, 0.2) is 6.23 Å². The van der Waals surface area contributed by atoms with Crippen LogP contribution in [0, 0.1) is 0 Å². The number of anilines is 1. The molecule has 9 heteroatoms. The Morgan fingerprint density at radius 3 is 2.19 bits per heavy atom. The molecule has 190 valence electrons. The van der Waals surface area contributed by atoms with Crippen molar-refractivity contribution in [3.8, 4) is 0 Å². The number of nitrogens with one attached hydrogen (secondary N) is 1. The van der Waals surface area contributed by atoms with E-state index in [-0.39, 0.29) is 29.8 Å². The molecule has 0 saturated carbocycles. The zero-order valence-corrected chi connectivity index (χ0v) is 22.0. The molecule has 2 heterocycles. The smallest absolute Gasteiger partial charge is 0.351 e. The standard InChI is InChI=1S/C27H32FN3O4Si/c1-19(32)29-24-15-16-31(26(33)30-24)25-23(28)17-20(35-25)18-34-36(27(2,3)4,21-11-7-5-8-12-21)22-13-9-6-10-14-22/h5-16,20,23,25H,17-18H2,1-4H3,(H,29,30,32,33)/t20-,23+,25+/m0/s1. The first-order chi connectivity index (χ1) is 17.1. The average Bonchev–Trinajstić information content (AvgIpc) is 3.20. The maximum absolute atomic E-state index is 15.1. The van der Waals surface area contributed by atoms with Gasteiger partial charge in [0, 0.05) is 19.5 Å². The van der Waals surface area contributed by atoms with Crippen LogP contribution in [-0.2, 0) is 14.0 Å². The van der Waals surface area contributed by atoms with Gasteiger partial charge in [0.2, 0.25) is 5.91 Å². The molecule has 4 rings (SSSR count). The fraction of sp³-hybridized carbons (Fsp3) is 0.370. The number of amides is 1. The van der Waals surface area contributed by atoms with Crippen molar-refractivity contribution in [2.45, 2.75) is 57.7 Å². The van der Waals surface area contributed by atoms with E-state index in [4.69, 9.17) is 9.16 Å². The van der Waals surface area contributed by atoms with Crippen molar-refractivity contribution >= 4 is 30.4 Å². The zero-order chi connectivity index (χ0) is 25.9. The minimum atomic E-state index is -2.80. The third-order valence-electron chi connectivity index (χ3n) is 6.44. The molecule has 1 aliphatic rings. The van der Waals surface area contributed by atoms with Gasteiger partial charge in [-0.2, -0.15) is 4.98 Å². The number of alkyl halides is 1. The van der Waals surface area contributed by atoms with E-state index in [0.29, 0.717) is 0 Å². The Labute approximate surface area is 211 Å². The number of carbonyl (C=O) groups is 1. The Balaban J connectivity index is 1.59. The Hall–Kier alpha value is -3.14. The summed E-state index contributed by atoms with van der Waals surface area (Å²) in [6.07, 6.45) is -1.55. The average molecular weight is 510 g/mol. The van der Waals surface area contributed by atoms with Crippen LogP contribution in [0.4, 0.5) is 10.2 Å². The molecule has 0 unspecified atom stereocenters. The molecular formula is C27H32FN3O4Si. The first kappa shape index (κ1) is 25.9. The van der Waals surface area contributed by atoms with E-state index in [1.807, 2.05) is 36.4 Å². The molecule has 0 spiro atoms. The summed E-state index contributed by atoms with van der Waals surface area (Å²) in [5, 5.41) is 4.49. The second kappa shape index (κ2) is 10.5. The van der Waals surface area contributed by atoms with Gasteiger partial charge in [0.1, 0.15) is 12.0 Å². The van der Waals surface area contributed by atoms with Crippen LogP contribution in [0.15, 0.2) is 77.7 Å². The maximum atomic E-state index is 15.1. The van der Waals surface area contributed by atoms with Crippen molar-refractivity contribution in [3.05, 3.63) is 83.4 Å². The van der Waals surface area contributed by atoms with E-state index in [1.54, 1.807) is 0 Å². The van der Waals surface area contributed by atoms with Crippen molar-refractivity contribution < 1.29 is 18.3 Å². The number of aromatic nitrogens is 2. The summed E-state index contributed by atoms with van der Waals surface area (Å²) < 4.78 is 29.1. The summed E-state index contributed by atoms with van der Waals surface area (Å²) in [5.74, 6) is -0.232. The van der Waals surface area contributed by atoms with E-state index >= 15 is 4.39 Å². The first-order valence-corrected chi connectivity index (χ1v) is 13.9. The number of ether oxygens (including phenoxy) is 1. The minimum absolute atomic E-state index is 0.1000. The van der Waals surface area contributed by atoms with Crippen LogP contribution in [0.1, 0.15) is 40.3 Å². The highest BCUT2D eigenvalue weighted by Crippen LogP contribution is 2.38. The first-order valence-electron chi connectivity index (χ1n) is 12.0. The maximum Gasteiger partial charge on any atom is 0.351 e. The number of hydrogen-bond donors (Lipinski definition) is 1. The molecule has 1 amide bonds. The van der Waals surface area contributed by atoms with Crippen molar-refractivity contribution in [1.29, 1.82) is 0 Å². The molecule has 3 atom stereocenters. The number of halogens is 1. The molecule has 1 saturated heterocycles. The molecule has 0 bridgehead atoms. The molecule has 0 radical (unpaired) electrons. The van der Waals surface area contributed by atoms with Crippen LogP contribution < -0.4 is 21.4 Å². The molecule has 2 aromatic carbocycles. The lowest BCUT2D eigenvalue weighted by Gasteiger charge is -2.43. The van der Waals surface area contributed by atoms with E-state index < -0.39 is 32.5 Å². The van der Waals surface area contributed by atoms with Crippen LogP contribution in [0.5, 0.6) is 0 Å². The predicted octanol–water partition coefficient (Wildman–Crippen LogP) is 3.40.